The number of amides is 2. The van der Waals surface area contributed by atoms with E-state index in [-0.39, 0.29) is 24.3 Å². The lowest BCUT2D eigenvalue weighted by molar-refractivity contribution is -0.123. The van der Waals surface area contributed by atoms with E-state index in [0.29, 0.717) is 12.6 Å². The Hall–Kier alpha value is -2.42. The molecule has 0 spiro atoms. The van der Waals surface area contributed by atoms with Crippen LogP contribution in [0.4, 0.5) is 0 Å². The van der Waals surface area contributed by atoms with E-state index in [4.69, 9.17) is 5.11 Å². The number of rotatable bonds is 13. The van der Waals surface area contributed by atoms with Crippen LogP contribution in [0.1, 0.15) is 133 Å². The third kappa shape index (κ3) is 44.0. The maximum Gasteiger partial charge on any atom is 0.217 e. The Kier molecular flexibility index (Phi) is 47.2. The van der Waals surface area contributed by atoms with Gasteiger partial charge < -0.3 is 21.1 Å². The summed E-state index contributed by atoms with van der Waals surface area (Å²) in [6, 6.07) is 8.96. The summed E-state index contributed by atoms with van der Waals surface area (Å²) in [5.41, 5.74) is 3.64. The lowest BCUT2D eigenvalue weighted by Gasteiger charge is -2.08. The van der Waals surface area contributed by atoms with Crippen LogP contribution in [0.5, 0.6) is 0 Å². The van der Waals surface area contributed by atoms with Crippen molar-refractivity contribution in [1.82, 2.24) is 16.0 Å². The molecule has 0 fully saturated rings. The lowest BCUT2D eigenvalue weighted by atomic mass is 10.1. The molecular weight excluding hydrogens is 570 g/mol. The van der Waals surface area contributed by atoms with E-state index < -0.39 is 0 Å². The average Bonchev–Trinajstić information content (AvgIpc) is 3.00. The minimum Gasteiger partial charge on any atom is -0.393 e. The van der Waals surface area contributed by atoms with Gasteiger partial charge >= 0.3 is 0 Å². The van der Waals surface area contributed by atoms with Crippen LogP contribution >= 0.6 is 11.8 Å². The molecule has 1 atom stereocenters. The molecule has 2 amide bonds. The first-order valence-electron chi connectivity index (χ1n) is 16.2. The number of hydrogen-bond acceptors (Lipinski definition) is 6. The summed E-state index contributed by atoms with van der Waals surface area (Å²) in [7, 11) is 1.95. The zero-order valence-corrected chi connectivity index (χ0v) is 31.5. The first-order chi connectivity index (χ1) is 20.8. The minimum absolute atomic E-state index is 0.0276. The maximum absolute atomic E-state index is 10.3. The summed E-state index contributed by atoms with van der Waals surface area (Å²) >= 11 is 1.76. The quantitative estimate of drug-likeness (QED) is 0.161. The van der Waals surface area contributed by atoms with E-state index in [1.807, 2.05) is 27.8 Å². The number of aliphatic hydroxyl groups is 1. The van der Waals surface area contributed by atoms with Gasteiger partial charge in [0, 0.05) is 24.4 Å². The monoisotopic (exact) mass is 640 g/mol. The van der Waals surface area contributed by atoms with Crippen LogP contribution in [0.2, 0.25) is 0 Å². The second-order valence-electron chi connectivity index (χ2n) is 10.0. The van der Waals surface area contributed by atoms with E-state index in [0.717, 1.165) is 37.7 Å². The van der Waals surface area contributed by atoms with E-state index in [9.17, 15) is 14.4 Å². The number of benzene rings is 1. The summed E-state index contributed by atoms with van der Waals surface area (Å²) in [6.07, 6.45) is 8.08. The van der Waals surface area contributed by atoms with E-state index in [1.54, 1.807) is 11.8 Å². The van der Waals surface area contributed by atoms with Gasteiger partial charge in [0.1, 0.15) is 5.78 Å². The Morgan fingerprint density at radius 2 is 1.45 bits per heavy atom. The molecule has 1 unspecified atom stereocenters. The van der Waals surface area contributed by atoms with Crippen molar-refractivity contribution in [2.45, 2.75) is 141 Å². The van der Waals surface area contributed by atoms with Crippen LogP contribution in [-0.2, 0) is 20.9 Å². The number of carbonyl (C=O) groups is 3. The molecule has 44 heavy (non-hydrogen) atoms. The fraction of sp³-hybridized carbons (Fsp3) is 0.639. The van der Waals surface area contributed by atoms with Crippen LogP contribution in [0.25, 0.3) is 4.91 Å². The molecular formula is C36H69N3O4S. The summed E-state index contributed by atoms with van der Waals surface area (Å²) in [6.45, 7) is 26.5. The molecule has 0 saturated carbocycles. The number of carbonyl (C=O) groups excluding carboxylic acids is 3. The van der Waals surface area contributed by atoms with Gasteiger partial charge in [-0.05, 0) is 63.6 Å². The molecule has 1 rings (SSSR count). The molecule has 0 aromatic heterocycles. The summed E-state index contributed by atoms with van der Waals surface area (Å²) in [4.78, 5) is 31.8. The highest BCUT2D eigenvalue weighted by molar-refractivity contribution is 8.10. The second-order valence-corrected chi connectivity index (χ2v) is 11.0. The molecule has 1 aromatic carbocycles. The lowest BCUT2D eigenvalue weighted by Crippen LogP contribution is -2.25. The van der Waals surface area contributed by atoms with Crippen molar-refractivity contribution in [3.05, 3.63) is 52.4 Å². The van der Waals surface area contributed by atoms with Crippen LogP contribution < -0.4 is 16.0 Å². The number of nitrogens with one attached hydrogen (secondary N) is 3. The second kappa shape index (κ2) is 40.6. The van der Waals surface area contributed by atoms with Crippen LogP contribution in [0, 0.1) is 0 Å². The van der Waals surface area contributed by atoms with E-state index in [1.165, 1.54) is 36.3 Å². The number of ketones is 1. The topological polar surface area (TPSA) is 108 Å². The van der Waals surface area contributed by atoms with E-state index >= 15 is 0 Å². The Labute approximate surface area is 276 Å². The number of aliphatic hydroxyl groups excluding tert-OH is 1. The summed E-state index contributed by atoms with van der Waals surface area (Å²) in [5.74, 6) is -0.194. The number of allylic oxidation sites excluding steroid dienone is 2. The Balaban J connectivity index is -0.000000168. The van der Waals surface area contributed by atoms with Gasteiger partial charge in [-0.1, -0.05) is 123 Å². The molecule has 0 radical (unpaired) electrons. The molecule has 258 valence electrons. The van der Waals surface area contributed by atoms with Crippen molar-refractivity contribution >= 4 is 34.8 Å². The number of hydrogen-bond donors (Lipinski definition) is 4. The molecule has 0 heterocycles. The van der Waals surface area contributed by atoms with Crippen molar-refractivity contribution < 1.29 is 19.5 Å². The largest absolute Gasteiger partial charge is 0.393 e. The van der Waals surface area contributed by atoms with Gasteiger partial charge in [-0.25, -0.2) is 0 Å². The van der Waals surface area contributed by atoms with Gasteiger partial charge in [0.05, 0.1) is 12.6 Å². The Bertz CT molecular complexity index is 820. The molecule has 0 saturated heterocycles. The standard InChI is InChI=1S/C16H21NOS.C6H14O.C5H9NO2.C4H11N.C3H8.C2H6/c1-4-5-10-19-16(13(2)3)15-8-6-14(7-9-15)11-17-12-18;1-3-5-6(7)4-2;1-4(7)3-6-5(2)8;1-4(2)5-3;1-3-2;1-2/h5-10,12H,4,11H2,1-3H3,(H,17,18);6-7H,3-5H2,1-2H3;3H2,1-2H3,(H,6,8);4-5H,1-3H3;3H2,1-2H3;1-2H3/b10-5-;;;;;. The van der Waals surface area contributed by atoms with Gasteiger partial charge in [0.15, 0.2) is 0 Å². The first kappa shape index (κ1) is 51.2. The molecule has 0 bridgehead atoms. The van der Waals surface area contributed by atoms with Crippen molar-refractivity contribution in [3.63, 3.8) is 0 Å². The third-order valence-corrected chi connectivity index (χ3v) is 6.04. The van der Waals surface area contributed by atoms with Gasteiger partial charge in [-0.15, -0.1) is 0 Å². The van der Waals surface area contributed by atoms with Crippen LogP contribution in [0.3, 0.4) is 0 Å². The fourth-order valence-corrected chi connectivity index (χ4v) is 3.34. The van der Waals surface area contributed by atoms with Crippen molar-refractivity contribution in [2.24, 2.45) is 0 Å². The van der Waals surface area contributed by atoms with Crippen molar-refractivity contribution in [1.29, 1.82) is 0 Å². The molecule has 1 aromatic rings. The third-order valence-electron chi connectivity index (χ3n) is 4.83. The van der Waals surface area contributed by atoms with Crippen molar-refractivity contribution in [2.75, 3.05) is 13.6 Å². The van der Waals surface area contributed by atoms with Gasteiger partial charge in [0.2, 0.25) is 12.3 Å². The summed E-state index contributed by atoms with van der Waals surface area (Å²) < 4.78 is 0. The number of thioether (sulfide) groups is 1. The molecule has 7 nitrogen and oxygen atoms in total. The van der Waals surface area contributed by atoms with Gasteiger partial charge in [-0.3, -0.25) is 14.4 Å². The smallest absolute Gasteiger partial charge is 0.217 e. The van der Waals surface area contributed by atoms with Crippen molar-refractivity contribution in [3.8, 4) is 0 Å². The predicted molar refractivity (Wildman–Crippen MR) is 197 cm³/mol. The number of Topliss-reactive ketones (excluding diaryl/α,β-unsaturated/α-hetero) is 1. The predicted octanol–water partition coefficient (Wildman–Crippen LogP) is 8.67. The summed E-state index contributed by atoms with van der Waals surface area (Å²) in [5, 5.41) is 19.1. The highest BCUT2D eigenvalue weighted by Gasteiger charge is 2.03. The molecule has 4 N–H and O–H groups in total. The van der Waals surface area contributed by atoms with Crippen LogP contribution in [0.15, 0.2) is 41.3 Å². The fourth-order valence-electron chi connectivity index (χ4n) is 2.41. The highest BCUT2D eigenvalue weighted by Crippen LogP contribution is 2.31. The Morgan fingerprint density at radius 3 is 1.73 bits per heavy atom. The van der Waals surface area contributed by atoms with Gasteiger partial charge in [-0.2, -0.15) is 0 Å². The highest BCUT2D eigenvalue weighted by atomic mass is 32.2. The average molecular weight is 640 g/mol. The normalized spacial score (nSPS) is 9.91. The maximum atomic E-state index is 10.3. The zero-order valence-electron chi connectivity index (χ0n) is 30.7. The minimum atomic E-state index is -0.166. The van der Waals surface area contributed by atoms with E-state index in [2.05, 4.69) is 107 Å². The molecule has 0 aliphatic heterocycles. The molecule has 0 aliphatic carbocycles. The zero-order chi connectivity index (χ0) is 35.3. The first-order valence-corrected chi connectivity index (χ1v) is 17.0. The molecule has 8 heteroatoms. The Morgan fingerprint density at radius 1 is 0.955 bits per heavy atom. The SMILES string of the molecule is CC.CC(=O)CNC(C)=O.CC/C=C\SC(=C(C)C)c1ccc(CNC=O)cc1.CCC.CCCC(O)CC.CNC(C)C. The van der Waals surface area contributed by atoms with Gasteiger partial charge in [0.25, 0.3) is 0 Å². The van der Waals surface area contributed by atoms with Crippen LogP contribution in [-0.4, -0.2) is 48.9 Å². The molecule has 0 aliphatic rings.